The van der Waals surface area contributed by atoms with Crippen LogP contribution in [0.2, 0.25) is 0 Å². The van der Waals surface area contributed by atoms with Crippen LogP contribution in [0, 0.1) is 41.5 Å². The van der Waals surface area contributed by atoms with Crippen LogP contribution in [0.1, 0.15) is 81.3 Å². The van der Waals surface area contributed by atoms with Gasteiger partial charge in [0.25, 0.3) is 0 Å². The molecule has 0 unspecified atom stereocenters. The third-order valence-electron chi connectivity index (χ3n) is 3.99. The second kappa shape index (κ2) is 25.0. The summed E-state index contributed by atoms with van der Waals surface area (Å²) in [5.74, 6) is 0. The van der Waals surface area contributed by atoms with Gasteiger partial charge in [0.05, 0.1) is 0 Å². The number of hydrogen-bond donors (Lipinski definition) is 0. The highest BCUT2D eigenvalue weighted by molar-refractivity contribution is 5.18. The number of rotatable bonds is 0. The molecule has 0 radical (unpaired) electrons. The molecule has 4 nitrogen and oxygen atoms in total. The van der Waals surface area contributed by atoms with Crippen LogP contribution in [0.15, 0.2) is 73.3 Å². The zero-order valence-corrected chi connectivity index (χ0v) is 19.7. The van der Waals surface area contributed by atoms with E-state index in [4.69, 9.17) is 0 Å². The molecule has 4 rings (SSSR count). The quantitative estimate of drug-likeness (QED) is 0.239. The fraction of sp³-hybridized carbons (Fsp3) is 0.438. The van der Waals surface area contributed by atoms with Crippen LogP contribution in [-0.2, 0) is 14.1 Å². The molecule has 4 heteroatoms. The summed E-state index contributed by atoms with van der Waals surface area (Å²) >= 11 is 0. The highest BCUT2D eigenvalue weighted by Gasteiger charge is 1.89. The normalized spacial score (nSPS) is 7.78. The highest BCUT2D eigenvalue weighted by Crippen LogP contribution is 2.01. The van der Waals surface area contributed by atoms with Crippen LogP contribution >= 0.6 is 0 Å². The van der Waals surface area contributed by atoms with E-state index in [9.17, 15) is 0 Å². The predicted molar refractivity (Wildman–Crippen MR) is 172 cm³/mol. The maximum Gasteiger partial charge on any atom is 0.0378 e. The first kappa shape index (κ1) is 46.2. The number of pyridine rings is 2. The Morgan fingerprint density at radius 3 is 1.11 bits per heavy atom. The molecular formula is C32H64N4. The molecule has 0 amide bonds. The largest absolute Gasteiger partial charge is 0.357 e. The molecule has 0 fully saturated rings. The van der Waals surface area contributed by atoms with E-state index in [1.807, 2.05) is 99.8 Å². The Hall–Kier alpha value is -3.14. The van der Waals surface area contributed by atoms with E-state index in [2.05, 4.69) is 48.2 Å². The fourth-order valence-corrected chi connectivity index (χ4v) is 2.79. The Kier molecular flexibility index (Phi) is 32.1. The number of aryl methyl sites for hydroxylation is 8. The lowest BCUT2D eigenvalue weighted by atomic mass is 10.2. The Morgan fingerprint density at radius 1 is 0.500 bits per heavy atom. The maximum absolute atomic E-state index is 4.23. The van der Waals surface area contributed by atoms with E-state index < -0.39 is 0 Å². The molecule has 4 heterocycles. The molecule has 0 aliphatic heterocycles. The fourth-order valence-electron chi connectivity index (χ4n) is 2.79. The number of hydrogen-bond acceptors (Lipinski definition) is 2. The van der Waals surface area contributed by atoms with Gasteiger partial charge in [-0.25, -0.2) is 0 Å². The zero-order valence-electron chi connectivity index (χ0n) is 19.7. The van der Waals surface area contributed by atoms with Gasteiger partial charge in [-0.2, -0.15) is 0 Å². The van der Waals surface area contributed by atoms with Crippen molar-refractivity contribution in [1.29, 1.82) is 0 Å². The molecule has 0 aliphatic rings. The van der Waals surface area contributed by atoms with Crippen molar-refractivity contribution in [1.82, 2.24) is 19.1 Å². The van der Waals surface area contributed by atoms with Gasteiger partial charge in [-0.3, -0.25) is 9.97 Å². The predicted octanol–water partition coefficient (Wildman–Crippen LogP) is 10.4. The van der Waals surface area contributed by atoms with E-state index in [0.717, 1.165) is 22.8 Å². The molecule has 212 valence electrons. The summed E-state index contributed by atoms with van der Waals surface area (Å²) < 4.78 is 4.04. The minimum atomic E-state index is 0. The number of aromatic nitrogens is 4. The summed E-state index contributed by atoms with van der Waals surface area (Å²) in [4.78, 5) is 8.41. The Labute approximate surface area is 229 Å². The molecule has 4 aromatic rings. The molecule has 0 saturated heterocycles. The first-order valence-corrected chi connectivity index (χ1v) is 10.1. The van der Waals surface area contributed by atoms with Gasteiger partial charge in [0.1, 0.15) is 0 Å². The smallest absolute Gasteiger partial charge is 0.0378 e. The summed E-state index contributed by atoms with van der Waals surface area (Å²) in [6.07, 6.45) is 8.12. The summed E-state index contributed by atoms with van der Waals surface area (Å²) in [6, 6.07) is 16.2. The SMILES string of the molecule is C.C.C.C.C.C.Cc1cc(C)nc(C)c1.Cc1cccc(C)n1.Cc1ccn(C)c1.Cn1cccc1.[HH].[HH]. The van der Waals surface area contributed by atoms with Gasteiger partial charge < -0.3 is 9.13 Å². The molecule has 36 heavy (non-hydrogen) atoms. The average molecular weight is 505 g/mol. The molecule has 4 aromatic heterocycles. The lowest BCUT2D eigenvalue weighted by Crippen LogP contribution is -1.85. The molecule has 0 N–H and O–H groups in total. The van der Waals surface area contributed by atoms with Crippen molar-refractivity contribution in [2.24, 2.45) is 14.1 Å². The van der Waals surface area contributed by atoms with E-state index in [0.29, 0.717) is 0 Å². The Balaban J connectivity index is -0.0000000495. The third-order valence-corrected chi connectivity index (χ3v) is 3.99. The Bertz CT molecular complexity index is 910. The van der Waals surface area contributed by atoms with Gasteiger partial charge in [-0.1, -0.05) is 50.6 Å². The van der Waals surface area contributed by atoms with Gasteiger partial charge in [-0.05, 0) is 95.1 Å². The molecule has 0 bridgehead atoms. The number of nitrogens with zero attached hydrogens (tertiary/aromatic N) is 4. The minimum absolute atomic E-state index is 0. The lowest BCUT2D eigenvalue weighted by molar-refractivity contribution is 0.925. The lowest BCUT2D eigenvalue weighted by Gasteiger charge is -1.96. The molecule has 0 atom stereocenters. The summed E-state index contributed by atoms with van der Waals surface area (Å²) in [5, 5.41) is 0. The topological polar surface area (TPSA) is 35.6 Å². The van der Waals surface area contributed by atoms with E-state index in [-0.39, 0.29) is 47.4 Å². The first-order valence-electron chi connectivity index (χ1n) is 10.1. The zero-order chi connectivity index (χ0) is 22.5. The van der Waals surface area contributed by atoms with Crippen LogP contribution in [0.3, 0.4) is 0 Å². The maximum atomic E-state index is 4.23. The molecule has 0 aromatic carbocycles. The van der Waals surface area contributed by atoms with E-state index in [1.165, 1.54) is 11.1 Å². The highest BCUT2D eigenvalue weighted by atomic mass is 14.9. The van der Waals surface area contributed by atoms with Crippen LogP contribution in [0.4, 0.5) is 0 Å². The summed E-state index contributed by atoms with van der Waals surface area (Å²) in [5.41, 5.74) is 7.00. The standard InChI is InChI=1S/C8H11N.C7H9N.C6H9N.C5H7N.6CH4.2H2/c1-6-4-7(2)9-8(3)5-6;1-6-4-3-5-7(2)8-6;1-6-3-4-7(2)5-6;1-6-4-2-3-5-6;;;;;;;;/h4-5H,1-3H3;3-5H,1-2H3;3-5H,1-2H3;2-5H,1H3;6*1H4;2*1H. The molecule has 0 saturated carbocycles. The van der Waals surface area contributed by atoms with Gasteiger partial charge in [-0.15, -0.1) is 0 Å². The Morgan fingerprint density at radius 2 is 0.917 bits per heavy atom. The van der Waals surface area contributed by atoms with Crippen LogP contribution < -0.4 is 0 Å². The first-order chi connectivity index (χ1) is 14.2. The van der Waals surface area contributed by atoms with Crippen molar-refractivity contribution in [3.8, 4) is 0 Å². The summed E-state index contributed by atoms with van der Waals surface area (Å²) in [7, 11) is 4.02. The van der Waals surface area contributed by atoms with Crippen molar-refractivity contribution in [2.45, 2.75) is 86.1 Å². The van der Waals surface area contributed by atoms with Crippen LogP contribution in [-0.4, -0.2) is 19.1 Å². The third kappa shape index (κ3) is 22.6. The van der Waals surface area contributed by atoms with Gasteiger partial charge in [0.15, 0.2) is 0 Å². The van der Waals surface area contributed by atoms with Gasteiger partial charge >= 0.3 is 0 Å². The average Bonchev–Trinajstić information content (AvgIpc) is 3.26. The minimum Gasteiger partial charge on any atom is -0.357 e. The van der Waals surface area contributed by atoms with Gasteiger partial charge in [0.2, 0.25) is 0 Å². The van der Waals surface area contributed by atoms with Crippen molar-refractivity contribution < 1.29 is 2.85 Å². The van der Waals surface area contributed by atoms with Crippen molar-refractivity contribution in [3.63, 3.8) is 0 Å². The van der Waals surface area contributed by atoms with Crippen molar-refractivity contribution in [2.75, 3.05) is 0 Å². The second-order valence-corrected chi connectivity index (χ2v) is 7.55. The van der Waals surface area contributed by atoms with Crippen molar-refractivity contribution >= 4 is 0 Å². The van der Waals surface area contributed by atoms with E-state index in [1.54, 1.807) is 0 Å². The second-order valence-electron chi connectivity index (χ2n) is 7.55. The van der Waals surface area contributed by atoms with Crippen molar-refractivity contribution in [3.05, 3.63) is 107 Å². The molecule has 0 aliphatic carbocycles. The van der Waals surface area contributed by atoms with Crippen LogP contribution in [0.25, 0.3) is 0 Å². The van der Waals surface area contributed by atoms with E-state index >= 15 is 0 Å². The molecular weight excluding hydrogens is 440 g/mol. The van der Waals surface area contributed by atoms with Gasteiger partial charge in [0, 0.05) is 64.5 Å². The van der Waals surface area contributed by atoms with Crippen LogP contribution in [0.5, 0.6) is 0 Å². The summed E-state index contributed by atoms with van der Waals surface area (Å²) in [6.45, 7) is 12.2. The monoisotopic (exact) mass is 505 g/mol. The molecule has 0 spiro atoms.